The molecule has 1 saturated heterocycles. The van der Waals surface area contributed by atoms with Gasteiger partial charge >= 0.3 is 0 Å². The van der Waals surface area contributed by atoms with Crippen molar-refractivity contribution in [3.63, 3.8) is 0 Å². The molecule has 1 fully saturated rings. The largest absolute Gasteiger partial charge is 0.339 e. The quantitative estimate of drug-likeness (QED) is 0.556. The maximum absolute atomic E-state index is 13.1. The Hall–Kier alpha value is -3.41. The van der Waals surface area contributed by atoms with Gasteiger partial charge in [0.2, 0.25) is 0 Å². The van der Waals surface area contributed by atoms with E-state index < -0.39 is 0 Å². The molecule has 0 N–H and O–H groups in total. The highest BCUT2D eigenvalue weighted by atomic mass is 16.2. The minimum Gasteiger partial charge on any atom is -0.339 e. The van der Waals surface area contributed by atoms with Gasteiger partial charge in [-0.15, -0.1) is 0 Å². The summed E-state index contributed by atoms with van der Waals surface area (Å²) < 4.78 is 3.55. The maximum atomic E-state index is 13.1. The Morgan fingerprint density at radius 2 is 1.82 bits per heavy atom. The van der Waals surface area contributed by atoms with Crippen LogP contribution in [0.25, 0.3) is 16.7 Å². The van der Waals surface area contributed by atoms with Crippen LogP contribution in [0.4, 0.5) is 0 Å². The number of fused-ring (bicyclic) bond motifs is 3. The molecule has 6 nitrogen and oxygen atoms in total. The number of likely N-dealkylation sites (tertiary alicyclic amines) is 1. The summed E-state index contributed by atoms with van der Waals surface area (Å²) in [5.74, 6) is 0.0664. The molecule has 1 amide bonds. The van der Waals surface area contributed by atoms with E-state index in [9.17, 15) is 9.59 Å². The normalized spacial score (nSPS) is 14.2. The van der Waals surface area contributed by atoms with Crippen LogP contribution >= 0.6 is 0 Å². The molecule has 0 bridgehead atoms. The van der Waals surface area contributed by atoms with E-state index in [0.29, 0.717) is 23.3 Å². The van der Waals surface area contributed by atoms with Crippen LogP contribution in [0.1, 0.15) is 28.8 Å². The summed E-state index contributed by atoms with van der Waals surface area (Å²) in [5.41, 5.74) is 3.62. The SMILES string of the molecule is O=C(c1cccc(Cn2c(=O)c3cccn3c3cccnc32)c1)N1CCCC1. The van der Waals surface area contributed by atoms with Crippen LogP contribution in [0.15, 0.2) is 65.7 Å². The Morgan fingerprint density at radius 1 is 1.00 bits per heavy atom. The summed E-state index contributed by atoms with van der Waals surface area (Å²) in [6, 6.07) is 15.1. The number of carbonyl (C=O) groups is 1. The van der Waals surface area contributed by atoms with Gasteiger partial charge in [0.15, 0.2) is 5.65 Å². The second kappa shape index (κ2) is 6.64. The molecule has 0 unspecified atom stereocenters. The van der Waals surface area contributed by atoms with Gasteiger partial charge in [-0.2, -0.15) is 0 Å². The van der Waals surface area contributed by atoms with Crippen molar-refractivity contribution in [1.29, 1.82) is 0 Å². The number of nitrogens with zero attached hydrogens (tertiary/aromatic N) is 4. The molecule has 0 atom stereocenters. The number of hydrogen-bond acceptors (Lipinski definition) is 3. The van der Waals surface area contributed by atoms with Crippen LogP contribution in [0.2, 0.25) is 0 Å². The number of hydrogen-bond donors (Lipinski definition) is 0. The van der Waals surface area contributed by atoms with E-state index in [1.807, 2.05) is 64.0 Å². The van der Waals surface area contributed by atoms with E-state index in [1.165, 1.54) is 0 Å². The molecule has 28 heavy (non-hydrogen) atoms. The van der Waals surface area contributed by atoms with Crippen molar-refractivity contribution < 1.29 is 4.79 Å². The van der Waals surface area contributed by atoms with Crippen molar-refractivity contribution in [3.8, 4) is 0 Å². The first kappa shape index (κ1) is 16.7. The summed E-state index contributed by atoms with van der Waals surface area (Å²) in [5, 5.41) is 0. The first-order valence-electron chi connectivity index (χ1n) is 9.55. The average Bonchev–Trinajstić information content (AvgIpc) is 3.43. The molecule has 4 heterocycles. The highest BCUT2D eigenvalue weighted by Crippen LogP contribution is 2.17. The Labute approximate surface area is 161 Å². The number of benzene rings is 1. The van der Waals surface area contributed by atoms with Crippen LogP contribution in [0.5, 0.6) is 0 Å². The number of carbonyl (C=O) groups excluding carboxylic acids is 1. The second-order valence-corrected chi connectivity index (χ2v) is 7.20. The number of pyridine rings is 1. The molecule has 5 rings (SSSR count). The molecule has 1 aliphatic heterocycles. The van der Waals surface area contributed by atoms with E-state index in [-0.39, 0.29) is 11.5 Å². The van der Waals surface area contributed by atoms with E-state index in [4.69, 9.17) is 0 Å². The third kappa shape index (κ3) is 2.69. The van der Waals surface area contributed by atoms with Crippen LogP contribution in [0, 0.1) is 0 Å². The molecule has 0 spiro atoms. The fourth-order valence-corrected chi connectivity index (χ4v) is 4.02. The van der Waals surface area contributed by atoms with Crippen LogP contribution in [0.3, 0.4) is 0 Å². The lowest BCUT2D eigenvalue weighted by atomic mass is 10.1. The van der Waals surface area contributed by atoms with Gasteiger partial charge in [-0.05, 0) is 54.8 Å². The average molecular weight is 372 g/mol. The summed E-state index contributed by atoms with van der Waals surface area (Å²) in [6.07, 6.45) is 5.70. The molecule has 0 aliphatic carbocycles. The highest BCUT2D eigenvalue weighted by molar-refractivity contribution is 5.94. The maximum Gasteiger partial charge on any atom is 0.276 e. The van der Waals surface area contributed by atoms with Gasteiger partial charge in [0.1, 0.15) is 5.52 Å². The predicted octanol–water partition coefficient (Wildman–Crippen LogP) is 2.93. The first-order chi connectivity index (χ1) is 13.7. The Bertz CT molecular complexity index is 1250. The topological polar surface area (TPSA) is 59.6 Å². The third-order valence-electron chi connectivity index (χ3n) is 5.40. The number of amides is 1. The van der Waals surface area contributed by atoms with Crippen molar-refractivity contribution in [2.24, 2.45) is 0 Å². The van der Waals surface area contributed by atoms with Crippen molar-refractivity contribution in [3.05, 3.63) is 82.4 Å². The Morgan fingerprint density at radius 3 is 2.68 bits per heavy atom. The Kier molecular flexibility index (Phi) is 3.97. The minimum atomic E-state index is -0.0903. The molecule has 4 aromatic rings. The van der Waals surface area contributed by atoms with Gasteiger partial charge in [0.25, 0.3) is 11.5 Å². The van der Waals surface area contributed by atoms with E-state index in [2.05, 4.69) is 4.98 Å². The van der Waals surface area contributed by atoms with Crippen molar-refractivity contribution in [1.82, 2.24) is 18.9 Å². The van der Waals surface area contributed by atoms with Gasteiger partial charge < -0.3 is 9.30 Å². The second-order valence-electron chi connectivity index (χ2n) is 7.20. The monoisotopic (exact) mass is 372 g/mol. The van der Waals surface area contributed by atoms with Crippen LogP contribution in [-0.2, 0) is 6.54 Å². The van der Waals surface area contributed by atoms with Crippen molar-refractivity contribution in [2.75, 3.05) is 13.1 Å². The zero-order valence-electron chi connectivity index (χ0n) is 15.4. The number of rotatable bonds is 3. The van der Waals surface area contributed by atoms with Crippen LogP contribution in [-0.4, -0.2) is 37.8 Å². The van der Waals surface area contributed by atoms with Gasteiger partial charge in [0, 0.05) is 31.0 Å². The smallest absolute Gasteiger partial charge is 0.276 e. The molecule has 0 radical (unpaired) electrons. The third-order valence-corrected chi connectivity index (χ3v) is 5.40. The van der Waals surface area contributed by atoms with E-state index in [1.54, 1.807) is 10.8 Å². The molecule has 1 aliphatic rings. The standard InChI is InChI=1S/C22H20N4O2/c27-21(24-11-1-2-12-24)17-7-3-6-16(14-17)15-26-20-18(8-4-10-23-20)25-13-5-9-19(25)22(26)28/h3-10,13-14H,1-2,11-12,15H2. The lowest BCUT2D eigenvalue weighted by Crippen LogP contribution is -2.28. The minimum absolute atomic E-state index is 0.0664. The summed E-state index contributed by atoms with van der Waals surface area (Å²) in [6.45, 7) is 2.01. The molecular formula is C22H20N4O2. The Balaban J connectivity index is 1.58. The molecule has 3 aromatic heterocycles. The van der Waals surface area contributed by atoms with Crippen LogP contribution < -0.4 is 5.56 Å². The lowest BCUT2D eigenvalue weighted by molar-refractivity contribution is 0.0792. The first-order valence-corrected chi connectivity index (χ1v) is 9.55. The van der Waals surface area contributed by atoms with Gasteiger partial charge in [-0.25, -0.2) is 4.98 Å². The van der Waals surface area contributed by atoms with E-state index >= 15 is 0 Å². The summed E-state index contributed by atoms with van der Waals surface area (Å²) in [7, 11) is 0. The summed E-state index contributed by atoms with van der Waals surface area (Å²) in [4.78, 5) is 32.1. The molecule has 6 heteroatoms. The van der Waals surface area contributed by atoms with E-state index in [0.717, 1.165) is 37.0 Å². The molecular weight excluding hydrogens is 352 g/mol. The zero-order valence-corrected chi connectivity index (χ0v) is 15.4. The van der Waals surface area contributed by atoms with Gasteiger partial charge in [0.05, 0.1) is 12.1 Å². The van der Waals surface area contributed by atoms with Crippen molar-refractivity contribution in [2.45, 2.75) is 19.4 Å². The lowest BCUT2D eigenvalue weighted by Gasteiger charge is -2.16. The fraction of sp³-hybridized carbons (Fsp3) is 0.227. The number of aromatic nitrogens is 3. The zero-order chi connectivity index (χ0) is 19.1. The fourth-order valence-electron chi connectivity index (χ4n) is 4.02. The molecule has 140 valence electrons. The van der Waals surface area contributed by atoms with Gasteiger partial charge in [-0.1, -0.05) is 12.1 Å². The predicted molar refractivity (Wildman–Crippen MR) is 108 cm³/mol. The summed E-state index contributed by atoms with van der Waals surface area (Å²) >= 11 is 0. The van der Waals surface area contributed by atoms with Crippen molar-refractivity contribution >= 4 is 22.6 Å². The highest BCUT2D eigenvalue weighted by Gasteiger charge is 2.20. The molecule has 1 aromatic carbocycles. The molecule has 0 saturated carbocycles. The van der Waals surface area contributed by atoms with Gasteiger partial charge in [-0.3, -0.25) is 14.2 Å².